The number of rotatable bonds is 5. The van der Waals surface area contributed by atoms with Gasteiger partial charge in [0.05, 0.1) is 12.1 Å². The van der Waals surface area contributed by atoms with E-state index in [2.05, 4.69) is 23.1 Å². The maximum absolute atomic E-state index is 13.3. The Morgan fingerprint density at radius 1 is 1.21 bits per heavy atom. The number of carbonyl (C=O) groups excluding carboxylic acids is 1. The van der Waals surface area contributed by atoms with Gasteiger partial charge < -0.3 is 4.90 Å². The molecule has 0 bridgehead atoms. The highest BCUT2D eigenvalue weighted by Crippen LogP contribution is 2.36. The first-order valence-electron chi connectivity index (χ1n) is 9.02. The topological polar surface area (TPSA) is 51.0 Å². The minimum absolute atomic E-state index is 0.0330. The van der Waals surface area contributed by atoms with Gasteiger partial charge in [0, 0.05) is 24.6 Å². The van der Waals surface area contributed by atoms with Crippen LogP contribution in [0.2, 0.25) is 0 Å². The predicted octanol–water partition coefficient (Wildman–Crippen LogP) is 3.76. The molecule has 126 valence electrons. The van der Waals surface area contributed by atoms with E-state index in [9.17, 15) is 4.79 Å². The summed E-state index contributed by atoms with van der Waals surface area (Å²) in [6, 6.07) is 6.63. The van der Waals surface area contributed by atoms with E-state index in [4.69, 9.17) is 0 Å². The highest BCUT2D eigenvalue weighted by atomic mass is 16.2. The lowest BCUT2D eigenvalue weighted by Crippen LogP contribution is -2.37. The molecular formula is C19H24N4O. The third-order valence-corrected chi connectivity index (χ3v) is 5.32. The highest BCUT2D eigenvalue weighted by molar-refractivity contribution is 5.93. The van der Waals surface area contributed by atoms with Crippen molar-refractivity contribution in [2.45, 2.75) is 63.6 Å². The van der Waals surface area contributed by atoms with Gasteiger partial charge in [-0.15, -0.1) is 0 Å². The summed E-state index contributed by atoms with van der Waals surface area (Å²) in [5.41, 5.74) is 1.83. The lowest BCUT2D eigenvalue weighted by atomic mass is 10.1. The molecule has 2 fully saturated rings. The van der Waals surface area contributed by atoms with Crippen LogP contribution in [0.15, 0.2) is 36.8 Å². The van der Waals surface area contributed by atoms with Gasteiger partial charge in [-0.1, -0.05) is 18.9 Å². The molecule has 1 atom stereocenters. The Balaban J connectivity index is 1.62. The number of aromatic nitrogens is 3. The van der Waals surface area contributed by atoms with E-state index in [0.29, 0.717) is 12.1 Å². The molecule has 1 amide bonds. The van der Waals surface area contributed by atoms with E-state index in [1.54, 1.807) is 12.4 Å². The molecule has 2 aliphatic rings. The zero-order valence-corrected chi connectivity index (χ0v) is 14.1. The van der Waals surface area contributed by atoms with Crippen molar-refractivity contribution in [2.75, 3.05) is 0 Å². The van der Waals surface area contributed by atoms with E-state index in [-0.39, 0.29) is 11.9 Å². The molecule has 1 unspecified atom stereocenters. The molecule has 0 radical (unpaired) electrons. The van der Waals surface area contributed by atoms with Crippen molar-refractivity contribution in [2.24, 2.45) is 0 Å². The summed E-state index contributed by atoms with van der Waals surface area (Å²) in [6.07, 6.45) is 12.3. The number of nitrogens with zero attached hydrogens (tertiary/aromatic N) is 4. The maximum Gasteiger partial charge on any atom is 0.272 e. The normalized spacial score (nSPS) is 19.4. The van der Waals surface area contributed by atoms with Gasteiger partial charge >= 0.3 is 0 Å². The Morgan fingerprint density at radius 2 is 2.00 bits per heavy atom. The predicted molar refractivity (Wildman–Crippen MR) is 91.6 cm³/mol. The molecule has 0 N–H and O–H groups in total. The average Bonchev–Trinajstić information content (AvgIpc) is 3.11. The Kier molecular flexibility index (Phi) is 4.08. The smallest absolute Gasteiger partial charge is 0.272 e. The first-order chi connectivity index (χ1) is 11.8. The molecule has 2 aromatic rings. The molecule has 2 aromatic heterocycles. The Bertz CT molecular complexity index is 701. The van der Waals surface area contributed by atoms with Gasteiger partial charge in [-0.2, -0.15) is 5.10 Å². The van der Waals surface area contributed by atoms with E-state index in [1.165, 1.54) is 12.8 Å². The summed E-state index contributed by atoms with van der Waals surface area (Å²) in [5.74, 6) is 0.109. The molecule has 0 aromatic carbocycles. The molecule has 5 nitrogen and oxygen atoms in total. The van der Waals surface area contributed by atoms with Crippen molar-refractivity contribution in [1.29, 1.82) is 0 Å². The van der Waals surface area contributed by atoms with Gasteiger partial charge in [0.15, 0.2) is 0 Å². The van der Waals surface area contributed by atoms with E-state index in [1.807, 2.05) is 27.9 Å². The summed E-state index contributed by atoms with van der Waals surface area (Å²) in [6.45, 7) is 2.10. The third-order valence-electron chi connectivity index (χ3n) is 5.32. The van der Waals surface area contributed by atoms with E-state index < -0.39 is 0 Å². The van der Waals surface area contributed by atoms with Crippen molar-refractivity contribution >= 4 is 5.91 Å². The lowest BCUT2D eigenvalue weighted by molar-refractivity contribution is 0.0657. The van der Waals surface area contributed by atoms with Gasteiger partial charge in [0.1, 0.15) is 5.69 Å². The lowest BCUT2D eigenvalue weighted by Gasteiger charge is -2.30. The van der Waals surface area contributed by atoms with Crippen molar-refractivity contribution in [3.63, 3.8) is 0 Å². The number of hydrogen-bond donors (Lipinski definition) is 0. The summed E-state index contributed by atoms with van der Waals surface area (Å²) < 4.78 is 1.97. The van der Waals surface area contributed by atoms with Crippen molar-refractivity contribution in [3.8, 4) is 0 Å². The van der Waals surface area contributed by atoms with Gasteiger partial charge in [-0.25, -0.2) is 0 Å². The van der Waals surface area contributed by atoms with Crippen LogP contribution in [-0.4, -0.2) is 31.6 Å². The number of pyridine rings is 1. The number of hydrogen-bond acceptors (Lipinski definition) is 3. The fourth-order valence-corrected chi connectivity index (χ4v) is 3.85. The first kappa shape index (κ1) is 15.4. The molecule has 2 aliphatic carbocycles. The highest BCUT2D eigenvalue weighted by Gasteiger charge is 2.38. The summed E-state index contributed by atoms with van der Waals surface area (Å²) in [4.78, 5) is 19.6. The minimum atomic E-state index is 0.0330. The third kappa shape index (κ3) is 2.83. The number of carbonyl (C=O) groups is 1. The zero-order valence-electron chi connectivity index (χ0n) is 14.1. The van der Waals surface area contributed by atoms with Crippen molar-refractivity contribution < 1.29 is 4.79 Å². The largest absolute Gasteiger partial charge is 0.328 e. The Labute approximate surface area is 142 Å². The summed E-state index contributed by atoms with van der Waals surface area (Å²) in [5, 5.41) is 4.47. The Morgan fingerprint density at radius 3 is 2.67 bits per heavy atom. The molecular weight excluding hydrogens is 300 g/mol. The second-order valence-electron chi connectivity index (χ2n) is 7.01. The van der Waals surface area contributed by atoms with Gasteiger partial charge in [-0.3, -0.25) is 14.5 Å². The van der Waals surface area contributed by atoms with Crippen LogP contribution in [0.25, 0.3) is 0 Å². The van der Waals surface area contributed by atoms with Gasteiger partial charge in [-0.05, 0) is 50.3 Å². The monoisotopic (exact) mass is 324 g/mol. The Hall–Kier alpha value is -2.17. The standard InChI is InChI=1S/C19H24N4O/c1-14(15-5-4-11-20-13-15)22(16-8-9-16)19(24)18-10-12-21-23(18)17-6-2-3-7-17/h4-5,10-14,16-17H,2-3,6-9H2,1H3. The first-order valence-corrected chi connectivity index (χ1v) is 9.02. The van der Waals surface area contributed by atoms with Crippen LogP contribution in [0.3, 0.4) is 0 Å². The average molecular weight is 324 g/mol. The van der Waals surface area contributed by atoms with Crippen molar-refractivity contribution in [1.82, 2.24) is 19.7 Å². The second-order valence-corrected chi connectivity index (χ2v) is 7.01. The van der Waals surface area contributed by atoms with Gasteiger partial charge in [0.25, 0.3) is 5.91 Å². The van der Waals surface area contributed by atoms with Gasteiger partial charge in [0.2, 0.25) is 0 Å². The molecule has 2 heterocycles. The fourth-order valence-electron chi connectivity index (χ4n) is 3.85. The van der Waals surface area contributed by atoms with Crippen molar-refractivity contribution in [3.05, 3.63) is 48.0 Å². The molecule has 2 saturated carbocycles. The second kappa shape index (κ2) is 6.38. The van der Waals surface area contributed by atoms with Crippen LogP contribution >= 0.6 is 0 Å². The van der Waals surface area contributed by atoms with E-state index >= 15 is 0 Å². The molecule has 5 heteroatoms. The van der Waals surface area contributed by atoms with Crippen LogP contribution in [0.1, 0.15) is 73.6 Å². The van der Waals surface area contributed by atoms with Crippen LogP contribution in [0.4, 0.5) is 0 Å². The zero-order chi connectivity index (χ0) is 16.5. The number of amides is 1. The van der Waals surface area contributed by atoms with E-state index in [0.717, 1.165) is 36.9 Å². The van der Waals surface area contributed by atoms with Crippen LogP contribution in [0, 0.1) is 0 Å². The summed E-state index contributed by atoms with van der Waals surface area (Å²) >= 11 is 0. The molecule has 0 saturated heterocycles. The molecule has 0 aliphatic heterocycles. The quantitative estimate of drug-likeness (QED) is 0.841. The van der Waals surface area contributed by atoms with Crippen LogP contribution in [0.5, 0.6) is 0 Å². The summed E-state index contributed by atoms with van der Waals surface area (Å²) in [7, 11) is 0. The maximum atomic E-state index is 13.3. The minimum Gasteiger partial charge on any atom is -0.328 e. The fraction of sp³-hybridized carbons (Fsp3) is 0.526. The van der Waals surface area contributed by atoms with Crippen LogP contribution in [-0.2, 0) is 0 Å². The SMILES string of the molecule is CC(c1cccnc1)N(C(=O)c1ccnn1C1CCCC1)C1CC1. The molecule has 4 rings (SSSR count). The molecule has 0 spiro atoms. The van der Waals surface area contributed by atoms with Crippen LogP contribution < -0.4 is 0 Å². The molecule has 24 heavy (non-hydrogen) atoms.